The predicted molar refractivity (Wildman–Crippen MR) is 140 cm³/mol. The minimum atomic E-state index is -0.597. The zero-order chi connectivity index (χ0) is 25.8. The number of thioether (sulfide) groups is 1. The Labute approximate surface area is 216 Å². The molecule has 2 aromatic rings. The van der Waals surface area contributed by atoms with Crippen molar-refractivity contribution in [3.8, 4) is 11.5 Å². The van der Waals surface area contributed by atoms with Crippen LogP contribution in [0.4, 0.5) is 0 Å². The van der Waals surface area contributed by atoms with E-state index < -0.39 is 11.9 Å². The Kier molecular flexibility index (Phi) is 8.14. The summed E-state index contributed by atoms with van der Waals surface area (Å²) >= 11 is 1.71. The van der Waals surface area contributed by atoms with Gasteiger partial charge in [-0.2, -0.15) is 11.8 Å². The predicted octanol–water partition coefficient (Wildman–Crippen LogP) is 5.26. The summed E-state index contributed by atoms with van der Waals surface area (Å²) in [6.07, 6.45) is 0.945. The summed E-state index contributed by atoms with van der Waals surface area (Å²) in [4.78, 5) is 26.9. The Morgan fingerprint density at radius 1 is 1.11 bits per heavy atom. The van der Waals surface area contributed by atoms with Crippen LogP contribution in [0.25, 0.3) is 0 Å². The number of aryl methyl sites for hydroxylation is 1. The third-order valence-electron chi connectivity index (χ3n) is 6.64. The molecular formula is C28H33NO6S. The second-order valence-electron chi connectivity index (χ2n) is 8.91. The number of ketones is 1. The quantitative estimate of drug-likeness (QED) is 0.360. The molecule has 0 saturated heterocycles. The van der Waals surface area contributed by atoms with Crippen molar-refractivity contribution >= 4 is 23.5 Å². The number of carbonyl (C=O) groups is 2. The molecule has 4 rings (SSSR count). The highest BCUT2D eigenvalue weighted by Crippen LogP contribution is 2.46. The minimum Gasteiger partial charge on any atom is -0.493 e. The zero-order valence-corrected chi connectivity index (χ0v) is 22.3. The van der Waals surface area contributed by atoms with Crippen molar-refractivity contribution in [3.05, 3.63) is 70.0 Å². The van der Waals surface area contributed by atoms with E-state index >= 15 is 0 Å². The van der Waals surface area contributed by atoms with Crippen LogP contribution in [-0.2, 0) is 14.3 Å². The number of hydrogen-bond acceptors (Lipinski definition) is 8. The lowest BCUT2D eigenvalue weighted by atomic mass is 9.73. The van der Waals surface area contributed by atoms with Crippen molar-refractivity contribution < 1.29 is 28.2 Å². The standard InChI is InChI=1S/C28H33NO6S/c1-6-36-12-11-34-28(31)25-17(3)29-20-13-19(18-8-10-22(32-4)24(15-18)33-5)14-21(30)26(20)27(25)23-9-7-16(2)35-23/h7-10,15,19,27,29H,6,11-14H2,1-5H3/t19-,27-/m0/s1. The SMILES string of the molecule is CCSCCOC(=O)C1=C(C)NC2=C(C(=O)C[C@@H](c3ccc(OC)c(OC)c3)C2)[C@H]1c1ccc(C)o1. The van der Waals surface area contributed by atoms with Crippen LogP contribution in [0.5, 0.6) is 11.5 Å². The van der Waals surface area contributed by atoms with Crippen molar-refractivity contribution in [1.82, 2.24) is 5.32 Å². The maximum Gasteiger partial charge on any atom is 0.336 e. The van der Waals surface area contributed by atoms with Crippen molar-refractivity contribution in [2.45, 2.75) is 45.4 Å². The van der Waals surface area contributed by atoms with Gasteiger partial charge in [0.1, 0.15) is 18.1 Å². The topological polar surface area (TPSA) is 87.0 Å². The van der Waals surface area contributed by atoms with Crippen LogP contribution >= 0.6 is 11.8 Å². The average Bonchev–Trinajstić information content (AvgIpc) is 3.30. The number of furan rings is 1. The van der Waals surface area contributed by atoms with Crippen LogP contribution in [0.15, 0.2) is 57.3 Å². The highest BCUT2D eigenvalue weighted by atomic mass is 32.2. The number of carbonyl (C=O) groups excluding carboxylic acids is 2. The fraction of sp³-hybridized carbons (Fsp3) is 0.429. The van der Waals surface area contributed by atoms with Gasteiger partial charge in [0, 0.05) is 29.1 Å². The van der Waals surface area contributed by atoms with Gasteiger partial charge in [-0.15, -0.1) is 0 Å². The second-order valence-corrected chi connectivity index (χ2v) is 10.3. The first kappa shape index (κ1) is 25.9. The van der Waals surface area contributed by atoms with Gasteiger partial charge in [0.25, 0.3) is 0 Å². The molecule has 7 nitrogen and oxygen atoms in total. The average molecular weight is 512 g/mol. The molecule has 36 heavy (non-hydrogen) atoms. The van der Waals surface area contributed by atoms with Gasteiger partial charge in [-0.1, -0.05) is 13.0 Å². The Bertz CT molecular complexity index is 1210. The molecule has 2 atom stereocenters. The lowest BCUT2D eigenvalue weighted by molar-refractivity contribution is -0.138. The Balaban J connectivity index is 1.68. The molecule has 0 bridgehead atoms. The third kappa shape index (κ3) is 5.19. The summed E-state index contributed by atoms with van der Waals surface area (Å²) in [5.41, 5.74) is 3.52. The number of Topliss-reactive ketones (excluding diaryl/α,β-unsaturated/α-hetero) is 1. The molecule has 0 amide bonds. The van der Waals surface area contributed by atoms with Crippen LogP contribution in [0, 0.1) is 6.92 Å². The van der Waals surface area contributed by atoms with E-state index in [1.165, 1.54) is 0 Å². The monoisotopic (exact) mass is 511 g/mol. The number of nitrogens with one attached hydrogen (secondary N) is 1. The van der Waals surface area contributed by atoms with Crippen LogP contribution in [0.3, 0.4) is 0 Å². The number of dihydropyridines is 1. The summed E-state index contributed by atoms with van der Waals surface area (Å²) in [6, 6.07) is 9.46. The van der Waals surface area contributed by atoms with Crippen molar-refractivity contribution in [2.24, 2.45) is 0 Å². The molecule has 0 radical (unpaired) electrons. The summed E-state index contributed by atoms with van der Waals surface area (Å²) in [5, 5.41) is 3.37. The maximum atomic E-state index is 13.7. The van der Waals surface area contributed by atoms with Crippen LogP contribution in [0.2, 0.25) is 0 Å². The van der Waals surface area contributed by atoms with Gasteiger partial charge in [0.2, 0.25) is 0 Å². The minimum absolute atomic E-state index is 0.0121. The first-order chi connectivity index (χ1) is 17.4. The lowest BCUT2D eigenvalue weighted by Gasteiger charge is -2.35. The number of hydrogen-bond donors (Lipinski definition) is 1. The Morgan fingerprint density at radius 3 is 2.56 bits per heavy atom. The van der Waals surface area contributed by atoms with Gasteiger partial charge < -0.3 is 23.9 Å². The molecule has 8 heteroatoms. The molecule has 1 aliphatic carbocycles. The van der Waals surface area contributed by atoms with Crippen molar-refractivity contribution in [1.29, 1.82) is 0 Å². The number of benzene rings is 1. The Morgan fingerprint density at radius 2 is 1.89 bits per heavy atom. The van der Waals surface area contributed by atoms with E-state index in [4.69, 9.17) is 18.6 Å². The lowest BCUT2D eigenvalue weighted by Crippen LogP contribution is -2.36. The van der Waals surface area contributed by atoms with Crippen LogP contribution in [-0.4, -0.2) is 44.1 Å². The highest BCUT2D eigenvalue weighted by molar-refractivity contribution is 7.99. The maximum absolute atomic E-state index is 13.7. The van der Waals surface area contributed by atoms with Gasteiger partial charge in [-0.25, -0.2) is 4.79 Å². The van der Waals surface area contributed by atoms with E-state index in [9.17, 15) is 9.59 Å². The van der Waals surface area contributed by atoms with Crippen molar-refractivity contribution in [3.63, 3.8) is 0 Å². The molecule has 2 aliphatic rings. The summed E-state index contributed by atoms with van der Waals surface area (Å²) in [5.74, 6) is 3.20. The molecule has 0 spiro atoms. The second kappa shape index (κ2) is 11.3. The first-order valence-corrected chi connectivity index (χ1v) is 13.3. The van der Waals surface area contributed by atoms with E-state index in [-0.39, 0.29) is 11.7 Å². The first-order valence-electron chi connectivity index (χ1n) is 12.1. The molecule has 0 unspecified atom stereocenters. The van der Waals surface area contributed by atoms with Gasteiger partial charge in [0.05, 0.1) is 25.7 Å². The van der Waals surface area contributed by atoms with Crippen LogP contribution in [0.1, 0.15) is 55.6 Å². The van der Waals surface area contributed by atoms with Crippen molar-refractivity contribution in [2.75, 3.05) is 32.3 Å². The number of allylic oxidation sites excluding steroid dienone is 3. The van der Waals surface area contributed by atoms with Gasteiger partial charge in [-0.05, 0) is 61.8 Å². The molecule has 2 heterocycles. The summed E-state index contributed by atoms with van der Waals surface area (Å²) in [6.45, 7) is 6.09. The van der Waals surface area contributed by atoms with Crippen LogP contribution < -0.4 is 14.8 Å². The van der Waals surface area contributed by atoms with Gasteiger partial charge in [0.15, 0.2) is 17.3 Å². The largest absolute Gasteiger partial charge is 0.493 e. The number of rotatable bonds is 9. The summed E-state index contributed by atoms with van der Waals surface area (Å²) in [7, 11) is 3.20. The molecule has 0 fully saturated rings. The smallest absolute Gasteiger partial charge is 0.336 e. The van der Waals surface area contributed by atoms with E-state index in [1.54, 1.807) is 26.0 Å². The third-order valence-corrected chi connectivity index (χ3v) is 7.50. The molecule has 1 aromatic heterocycles. The fourth-order valence-corrected chi connectivity index (χ4v) is 5.45. The molecule has 0 saturated carbocycles. The van der Waals surface area contributed by atoms with Gasteiger partial charge >= 0.3 is 5.97 Å². The highest BCUT2D eigenvalue weighted by Gasteiger charge is 2.42. The Hall–Kier alpha value is -3.13. The molecular weight excluding hydrogens is 478 g/mol. The molecule has 1 N–H and O–H groups in total. The van der Waals surface area contributed by atoms with E-state index in [0.29, 0.717) is 53.6 Å². The number of methoxy groups -OCH3 is 2. The van der Waals surface area contributed by atoms with E-state index in [0.717, 1.165) is 28.5 Å². The normalized spacial score (nSPS) is 19.6. The van der Waals surface area contributed by atoms with Gasteiger partial charge in [-0.3, -0.25) is 4.79 Å². The zero-order valence-electron chi connectivity index (χ0n) is 21.4. The molecule has 1 aliphatic heterocycles. The number of esters is 1. The summed E-state index contributed by atoms with van der Waals surface area (Å²) < 4.78 is 22.4. The van der Waals surface area contributed by atoms with E-state index in [2.05, 4.69) is 12.2 Å². The fourth-order valence-electron chi connectivity index (χ4n) is 4.96. The molecule has 192 valence electrons. The number of ether oxygens (including phenoxy) is 3. The molecule has 1 aromatic carbocycles. The van der Waals surface area contributed by atoms with E-state index in [1.807, 2.05) is 44.2 Å².